The molecular weight excluding hydrogens is 250 g/mol. The minimum absolute atomic E-state index is 0.0301. The van der Waals surface area contributed by atoms with Gasteiger partial charge in [-0.1, -0.05) is 0 Å². The van der Waals surface area contributed by atoms with E-state index in [1.54, 1.807) is 0 Å². The van der Waals surface area contributed by atoms with Crippen molar-refractivity contribution in [2.24, 2.45) is 0 Å². The molecule has 2 N–H and O–H groups in total. The topological polar surface area (TPSA) is 44.4 Å². The third-order valence-electron chi connectivity index (χ3n) is 3.81. The van der Waals surface area contributed by atoms with E-state index in [4.69, 9.17) is 0 Å². The predicted molar refractivity (Wildman–Crippen MR) is 84.3 cm³/mol. The van der Waals surface area contributed by atoms with Crippen molar-refractivity contribution >= 4 is 17.3 Å². The summed E-state index contributed by atoms with van der Waals surface area (Å²) in [5, 5.41) is 6.19. The van der Waals surface area contributed by atoms with Gasteiger partial charge in [-0.15, -0.1) is 0 Å². The number of hydrogen-bond acceptors (Lipinski definition) is 3. The fourth-order valence-corrected chi connectivity index (χ4v) is 2.72. The first-order chi connectivity index (χ1) is 9.61. The Balaban J connectivity index is 1.99. The summed E-state index contributed by atoms with van der Waals surface area (Å²) in [6.45, 7) is 8.45. The molecule has 4 heteroatoms. The number of hydrogen-bond donors (Lipinski definition) is 2. The molecular formula is C16H25N3O. The first-order valence-electron chi connectivity index (χ1n) is 7.52. The molecule has 0 aromatic heterocycles. The summed E-state index contributed by atoms with van der Waals surface area (Å²) in [5.41, 5.74) is 2.06. The largest absolute Gasteiger partial charge is 0.369 e. The average molecular weight is 275 g/mol. The Morgan fingerprint density at radius 2 is 2.10 bits per heavy atom. The Morgan fingerprint density at radius 3 is 2.60 bits per heavy atom. The fraction of sp³-hybridized carbons (Fsp3) is 0.562. The summed E-state index contributed by atoms with van der Waals surface area (Å²) in [7, 11) is 0. The molecule has 0 bridgehead atoms. The van der Waals surface area contributed by atoms with Crippen LogP contribution in [0.25, 0.3) is 0 Å². The normalized spacial score (nSPS) is 18.3. The van der Waals surface area contributed by atoms with Gasteiger partial charge in [0.05, 0.1) is 6.04 Å². The molecule has 4 nitrogen and oxygen atoms in total. The smallest absolute Gasteiger partial charge is 0.241 e. The highest BCUT2D eigenvalue weighted by atomic mass is 16.2. The van der Waals surface area contributed by atoms with Crippen LogP contribution >= 0.6 is 0 Å². The average Bonchev–Trinajstić information content (AvgIpc) is 2.95. The van der Waals surface area contributed by atoms with E-state index < -0.39 is 0 Å². The molecule has 20 heavy (non-hydrogen) atoms. The molecule has 1 fully saturated rings. The van der Waals surface area contributed by atoms with E-state index in [2.05, 4.69) is 48.4 Å². The summed E-state index contributed by atoms with van der Waals surface area (Å²) < 4.78 is 0. The van der Waals surface area contributed by atoms with Crippen LogP contribution in [-0.2, 0) is 4.79 Å². The maximum absolute atomic E-state index is 12.0. The van der Waals surface area contributed by atoms with Crippen molar-refractivity contribution in [3.8, 4) is 0 Å². The monoisotopic (exact) mass is 275 g/mol. The van der Waals surface area contributed by atoms with Crippen LogP contribution in [-0.4, -0.2) is 31.1 Å². The molecule has 1 atom stereocenters. The first-order valence-corrected chi connectivity index (χ1v) is 7.52. The molecule has 1 amide bonds. The van der Waals surface area contributed by atoms with E-state index in [-0.39, 0.29) is 11.9 Å². The quantitative estimate of drug-likeness (QED) is 0.868. The molecule has 1 saturated heterocycles. The minimum atomic E-state index is -0.0301. The number of anilines is 2. The Kier molecular flexibility index (Phi) is 5.01. The molecule has 0 saturated carbocycles. The highest BCUT2D eigenvalue weighted by molar-refractivity contribution is 5.95. The van der Waals surface area contributed by atoms with Gasteiger partial charge in [0.2, 0.25) is 5.91 Å². The van der Waals surface area contributed by atoms with E-state index >= 15 is 0 Å². The Morgan fingerprint density at radius 1 is 1.40 bits per heavy atom. The highest BCUT2D eigenvalue weighted by Gasteiger charge is 2.21. The SMILES string of the molecule is CCN(c1ccc(NC(=O)[C@@H]2CCCN2)cc1)C(C)C. The second-order valence-corrected chi connectivity index (χ2v) is 5.56. The van der Waals surface area contributed by atoms with E-state index in [0.717, 1.165) is 31.6 Å². The van der Waals surface area contributed by atoms with Gasteiger partial charge < -0.3 is 15.5 Å². The summed E-state index contributed by atoms with van der Waals surface area (Å²) in [4.78, 5) is 14.3. The number of carbonyl (C=O) groups is 1. The van der Waals surface area contributed by atoms with Gasteiger partial charge in [0.25, 0.3) is 0 Å². The number of amides is 1. The van der Waals surface area contributed by atoms with E-state index in [0.29, 0.717) is 6.04 Å². The van der Waals surface area contributed by atoms with Crippen LogP contribution in [0.1, 0.15) is 33.6 Å². The number of nitrogens with one attached hydrogen (secondary N) is 2. The zero-order chi connectivity index (χ0) is 14.5. The van der Waals surface area contributed by atoms with Crippen molar-refractivity contribution in [3.63, 3.8) is 0 Å². The van der Waals surface area contributed by atoms with Gasteiger partial charge in [-0.3, -0.25) is 4.79 Å². The fourth-order valence-electron chi connectivity index (χ4n) is 2.72. The van der Waals surface area contributed by atoms with E-state index in [1.165, 1.54) is 5.69 Å². The molecule has 1 heterocycles. The third-order valence-corrected chi connectivity index (χ3v) is 3.81. The zero-order valence-corrected chi connectivity index (χ0v) is 12.6. The summed E-state index contributed by atoms with van der Waals surface area (Å²) in [5.74, 6) is 0.0754. The molecule has 0 radical (unpaired) electrons. The molecule has 110 valence electrons. The maximum atomic E-state index is 12.0. The second kappa shape index (κ2) is 6.75. The first kappa shape index (κ1) is 14.9. The Hall–Kier alpha value is -1.55. The number of benzene rings is 1. The van der Waals surface area contributed by atoms with Crippen LogP contribution in [0.15, 0.2) is 24.3 Å². The predicted octanol–water partition coefficient (Wildman–Crippen LogP) is 2.61. The molecule has 0 spiro atoms. The summed E-state index contributed by atoms with van der Waals surface area (Å²) in [6, 6.07) is 8.55. The van der Waals surface area contributed by atoms with Crippen LogP contribution in [0.3, 0.4) is 0 Å². The Labute approximate surface area is 121 Å². The lowest BCUT2D eigenvalue weighted by atomic mass is 10.2. The van der Waals surface area contributed by atoms with Crippen molar-refractivity contribution in [3.05, 3.63) is 24.3 Å². The molecule has 1 aliphatic heterocycles. The van der Waals surface area contributed by atoms with Crippen molar-refractivity contribution in [2.45, 2.75) is 45.7 Å². The van der Waals surface area contributed by atoms with Crippen LogP contribution in [0.5, 0.6) is 0 Å². The van der Waals surface area contributed by atoms with Gasteiger partial charge in [-0.05, 0) is 64.4 Å². The summed E-state index contributed by atoms with van der Waals surface area (Å²) >= 11 is 0. The molecule has 1 aromatic carbocycles. The molecule has 2 rings (SSSR count). The number of rotatable bonds is 5. The molecule has 0 unspecified atom stereocenters. The number of nitrogens with zero attached hydrogens (tertiary/aromatic N) is 1. The maximum Gasteiger partial charge on any atom is 0.241 e. The molecule has 0 aliphatic carbocycles. The van der Waals surface area contributed by atoms with E-state index in [9.17, 15) is 4.79 Å². The standard InChI is InChI=1S/C16H25N3O/c1-4-19(12(2)3)14-9-7-13(8-10-14)18-16(20)15-6-5-11-17-15/h7-10,12,15,17H,4-6,11H2,1-3H3,(H,18,20)/t15-/m0/s1. The van der Waals surface area contributed by atoms with Gasteiger partial charge in [-0.2, -0.15) is 0 Å². The zero-order valence-electron chi connectivity index (χ0n) is 12.6. The lowest BCUT2D eigenvalue weighted by Gasteiger charge is -2.27. The van der Waals surface area contributed by atoms with Crippen LogP contribution in [0, 0.1) is 0 Å². The lowest BCUT2D eigenvalue weighted by Crippen LogP contribution is -2.35. The van der Waals surface area contributed by atoms with Crippen molar-refractivity contribution in [1.29, 1.82) is 0 Å². The second-order valence-electron chi connectivity index (χ2n) is 5.56. The van der Waals surface area contributed by atoms with Gasteiger partial charge in [0.15, 0.2) is 0 Å². The molecule has 1 aromatic rings. The molecule has 1 aliphatic rings. The van der Waals surface area contributed by atoms with Crippen LogP contribution in [0.4, 0.5) is 11.4 Å². The van der Waals surface area contributed by atoms with Gasteiger partial charge in [0, 0.05) is 24.0 Å². The van der Waals surface area contributed by atoms with Crippen molar-refractivity contribution in [1.82, 2.24) is 5.32 Å². The van der Waals surface area contributed by atoms with Gasteiger partial charge in [-0.25, -0.2) is 0 Å². The van der Waals surface area contributed by atoms with Gasteiger partial charge >= 0.3 is 0 Å². The minimum Gasteiger partial charge on any atom is -0.369 e. The van der Waals surface area contributed by atoms with Gasteiger partial charge in [0.1, 0.15) is 0 Å². The lowest BCUT2D eigenvalue weighted by molar-refractivity contribution is -0.117. The highest BCUT2D eigenvalue weighted by Crippen LogP contribution is 2.20. The van der Waals surface area contributed by atoms with Crippen molar-refractivity contribution < 1.29 is 4.79 Å². The number of carbonyl (C=O) groups excluding carboxylic acids is 1. The van der Waals surface area contributed by atoms with E-state index in [1.807, 2.05) is 12.1 Å². The third kappa shape index (κ3) is 3.51. The van der Waals surface area contributed by atoms with Crippen LogP contribution < -0.4 is 15.5 Å². The van der Waals surface area contributed by atoms with Crippen molar-refractivity contribution in [2.75, 3.05) is 23.3 Å². The summed E-state index contributed by atoms with van der Waals surface area (Å²) in [6.07, 6.45) is 2.01. The van der Waals surface area contributed by atoms with Crippen LogP contribution in [0.2, 0.25) is 0 Å². The Bertz CT molecular complexity index is 436.